The number of benzene rings is 3. The lowest BCUT2D eigenvalue weighted by Gasteiger charge is -2.31. The molecule has 1 heterocycles. The summed E-state index contributed by atoms with van der Waals surface area (Å²) in [5.41, 5.74) is 0.223. The average Bonchev–Trinajstić information content (AvgIpc) is 3.31. The third-order valence-corrected chi connectivity index (χ3v) is 6.62. The van der Waals surface area contributed by atoms with Crippen LogP contribution in [0.15, 0.2) is 78.9 Å². The van der Waals surface area contributed by atoms with Crippen LogP contribution < -0.4 is 15.4 Å². The highest BCUT2D eigenvalue weighted by atomic mass is 19.1. The zero-order chi connectivity index (χ0) is 27.0. The Hall–Kier alpha value is -3.75. The number of anilines is 1. The van der Waals surface area contributed by atoms with E-state index in [2.05, 4.69) is 22.5 Å². The van der Waals surface area contributed by atoms with Crippen LogP contribution in [0.3, 0.4) is 0 Å². The van der Waals surface area contributed by atoms with E-state index in [4.69, 9.17) is 9.47 Å². The summed E-state index contributed by atoms with van der Waals surface area (Å²) in [6.07, 6.45) is 2.12. The van der Waals surface area contributed by atoms with Crippen LogP contribution in [-0.2, 0) is 20.9 Å². The van der Waals surface area contributed by atoms with Gasteiger partial charge in [-0.05, 0) is 87.3 Å². The predicted octanol–water partition coefficient (Wildman–Crippen LogP) is 5.13. The molecule has 38 heavy (non-hydrogen) atoms. The van der Waals surface area contributed by atoms with Crippen molar-refractivity contribution in [2.24, 2.45) is 0 Å². The van der Waals surface area contributed by atoms with E-state index in [0.717, 1.165) is 24.9 Å². The van der Waals surface area contributed by atoms with E-state index in [1.807, 2.05) is 30.3 Å². The molecule has 2 amide bonds. The topological polar surface area (TPSA) is 79.9 Å². The van der Waals surface area contributed by atoms with Gasteiger partial charge in [0.2, 0.25) is 5.91 Å². The van der Waals surface area contributed by atoms with Crippen LogP contribution in [0.5, 0.6) is 11.5 Å². The molecule has 3 aromatic carbocycles. The van der Waals surface area contributed by atoms with Crippen LogP contribution in [-0.4, -0.2) is 48.0 Å². The van der Waals surface area contributed by atoms with E-state index in [0.29, 0.717) is 29.8 Å². The number of halogens is 1. The van der Waals surface area contributed by atoms with Gasteiger partial charge in [0.15, 0.2) is 0 Å². The first-order valence-corrected chi connectivity index (χ1v) is 12.8. The van der Waals surface area contributed by atoms with Crippen molar-refractivity contribution in [3.8, 4) is 11.5 Å². The van der Waals surface area contributed by atoms with Crippen LogP contribution in [0.4, 0.5) is 10.1 Å². The lowest BCUT2D eigenvalue weighted by atomic mass is 10.0. The van der Waals surface area contributed by atoms with Gasteiger partial charge >= 0.3 is 0 Å². The molecule has 2 unspecified atom stereocenters. The average molecular weight is 520 g/mol. The number of likely N-dealkylation sites (tertiary alicyclic amines) is 1. The molecule has 4 rings (SSSR count). The summed E-state index contributed by atoms with van der Waals surface area (Å²) in [6.45, 7) is 5.20. The molecule has 0 saturated carbocycles. The number of amides is 2. The molecule has 3 aromatic rings. The number of carbonyl (C=O) groups excluding carboxylic acids is 2. The van der Waals surface area contributed by atoms with Crippen LogP contribution in [0.2, 0.25) is 0 Å². The van der Waals surface area contributed by atoms with Crippen LogP contribution in [0.1, 0.15) is 32.3 Å². The second kappa shape index (κ2) is 12.7. The number of rotatable bonds is 11. The van der Waals surface area contributed by atoms with Gasteiger partial charge in [0, 0.05) is 11.7 Å². The van der Waals surface area contributed by atoms with Gasteiger partial charge in [-0.15, -0.1) is 0 Å². The van der Waals surface area contributed by atoms with Crippen molar-refractivity contribution in [1.82, 2.24) is 10.2 Å². The Kier molecular flexibility index (Phi) is 9.10. The minimum atomic E-state index is -1.29. The maximum Gasteiger partial charge on any atom is 0.252 e. The molecule has 1 aliphatic rings. The minimum absolute atomic E-state index is 0.000776. The molecule has 0 spiro atoms. The molecule has 1 fully saturated rings. The molecule has 1 aliphatic heterocycles. The van der Waals surface area contributed by atoms with E-state index in [-0.39, 0.29) is 30.8 Å². The van der Waals surface area contributed by atoms with E-state index in [9.17, 15) is 14.0 Å². The minimum Gasteiger partial charge on any atom is -0.457 e. The number of nitrogens with zero attached hydrogens (tertiary/aromatic N) is 1. The smallest absolute Gasteiger partial charge is 0.252 e. The Balaban J connectivity index is 1.40. The number of hydrogen-bond acceptors (Lipinski definition) is 5. The predicted molar refractivity (Wildman–Crippen MR) is 144 cm³/mol. The molecule has 2 atom stereocenters. The van der Waals surface area contributed by atoms with Gasteiger partial charge in [-0.25, -0.2) is 4.39 Å². The summed E-state index contributed by atoms with van der Waals surface area (Å²) in [7, 11) is 0. The summed E-state index contributed by atoms with van der Waals surface area (Å²) < 4.78 is 24.7. The lowest BCUT2D eigenvalue weighted by Crippen LogP contribution is -2.59. The fourth-order valence-electron chi connectivity index (χ4n) is 4.38. The molecule has 0 aromatic heterocycles. The van der Waals surface area contributed by atoms with Crippen molar-refractivity contribution in [3.63, 3.8) is 0 Å². The van der Waals surface area contributed by atoms with Gasteiger partial charge in [0.1, 0.15) is 22.9 Å². The second-order valence-electron chi connectivity index (χ2n) is 9.85. The first-order valence-electron chi connectivity index (χ1n) is 12.8. The summed E-state index contributed by atoms with van der Waals surface area (Å²) >= 11 is 0. The second-order valence-corrected chi connectivity index (χ2v) is 9.85. The Labute approximate surface area is 222 Å². The van der Waals surface area contributed by atoms with Crippen molar-refractivity contribution >= 4 is 17.5 Å². The quantitative estimate of drug-likeness (QED) is 0.367. The van der Waals surface area contributed by atoms with Crippen molar-refractivity contribution in [1.29, 1.82) is 0 Å². The highest BCUT2D eigenvalue weighted by Gasteiger charge is 2.36. The monoisotopic (exact) mass is 519 g/mol. The summed E-state index contributed by atoms with van der Waals surface area (Å²) in [6, 6.07) is 22.5. The lowest BCUT2D eigenvalue weighted by molar-refractivity contribution is -0.133. The summed E-state index contributed by atoms with van der Waals surface area (Å²) in [4.78, 5) is 28.5. The molecule has 2 N–H and O–H groups in total. The standard InChI is InChI=1S/C30H34FN3O4/c1-22-7-6-18-34(22)19-28(35)33-30(2,21-37-20-23-8-4-3-5-9-23)29(36)32-25-12-16-27(17-13-25)38-26-14-10-24(31)11-15-26/h3-5,8-17,22H,6-7,18-21H2,1-2H3,(H,32,36)(H,33,35). The largest absolute Gasteiger partial charge is 0.457 e. The van der Waals surface area contributed by atoms with Gasteiger partial charge in [-0.2, -0.15) is 0 Å². The van der Waals surface area contributed by atoms with E-state index >= 15 is 0 Å². The number of hydrogen-bond donors (Lipinski definition) is 2. The molecule has 7 nitrogen and oxygen atoms in total. The normalized spacial score (nSPS) is 17.0. The number of carbonyl (C=O) groups is 2. The SMILES string of the molecule is CC1CCCN1CC(=O)NC(C)(COCc1ccccc1)C(=O)Nc1ccc(Oc2ccc(F)cc2)cc1. The Bertz CT molecular complexity index is 1200. The molecule has 8 heteroatoms. The van der Waals surface area contributed by atoms with Crippen molar-refractivity contribution in [2.75, 3.05) is 25.0 Å². The van der Waals surface area contributed by atoms with E-state index in [1.165, 1.54) is 24.3 Å². The van der Waals surface area contributed by atoms with Crippen LogP contribution in [0, 0.1) is 5.82 Å². The molecule has 0 radical (unpaired) electrons. The number of nitrogens with one attached hydrogen (secondary N) is 2. The van der Waals surface area contributed by atoms with Gasteiger partial charge in [0.25, 0.3) is 5.91 Å². The van der Waals surface area contributed by atoms with Gasteiger partial charge in [-0.3, -0.25) is 14.5 Å². The highest BCUT2D eigenvalue weighted by molar-refractivity contribution is 6.00. The third-order valence-electron chi connectivity index (χ3n) is 6.62. The van der Waals surface area contributed by atoms with Crippen molar-refractivity contribution < 1.29 is 23.5 Å². The molecule has 0 bridgehead atoms. The van der Waals surface area contributed by atoms with Gasteiger partial charge in [0.05, 0.1) is 19.8 Å². The Morgan fingerprint density at radius 3 is 2.29 bits per heavy atom. The first kappa shape index (κ1) is 27.3. The van der Waals surface area contributed by atoms with E-state index in [1.54, 1.807) is 31.2 Å². The molecule has 200 valence electrons. The number of ether oxygens (including phenoxy) is 2. The highest BCUT2D eigenvalue weighted by Crippen LogP contribution is 2.24. The van der Waals surface area contributed by atoms with Crippen molar-refractivity contribution in [3.05, 3.63) is 90.2 Å². The Morgan fingerprint density at radius 1 is 1.00 bits per heavy atom. The summed E-state index contributed by atoms with van der Waals surface area (Å²) in [5.74, 6) is 0.0922. The summed E-state index contributed by atoms with van der Waals surface area (Å²) in [5, 5.41) is 5.81. The fraction of sp³-hybridized carbons (Fsp3) is 0.333. The molecule has 0 aliphatic carbocycles. The molecule has 1 saturated heterocycles. The maximum absolute atomic E-state index is 13.4. The maximum atomic E-state index is 13.4. The third kappa shape index (κ3) is 7.63. The van der Waals surface area contributed by atoms with Crippen LogP contribution in [0.25, 0.3) is 0 Å². The van der Waals surface area contributed by atoms with Crippen LogP contribution >= 0.6 is 0 Å². The first-order chi connectivity index (χ1) is 18.3. The molecular formula is C30H34FN3O4. The fourth-order valence-corrected chi connectivity index (χ4v) is 4.38. The van der Waals surface area contributed by atoms with Gasteiger partial charge in [-0.1, -0.05) is 30.3 Å². The zero-order valence-corrected chi connectivity index (χ0v) is 21.8. The van der Waals surface area contributed by atoms with E-state index < -0.39 is 5.54 Å². The molecular weight excluding hydrogens is 485 g/mol. The Morgan fingerprint density at radius 2 is 1.66 bits per heavy atom. The van der Waals surface area contributed by atoms with Crippen molar-refractivity contribution in [2.45, 2.75) is 44.9 Å². The van der Waals surface area contributed by atoms with Gasteiger partial charge < -0.3 is 20.1 Å². The zero-order valence-electron chi connectivity index (χ0n) is 21.8.